The number of allylic oxidation sites excluding steroid dienone is 2. The molecule has 43 heavy (non-hydrogen) atoms. The van der Waals surface area contributed by atoms with Gasteiger partial charge in [-0.25, -0.2) is 0 Å². The number of hydrogen-bond acceptors (Lipinski definition) is 0. The predicted octanol–water partition coefficient (Wildman–Crippen LogP) is 11.8. The molecule has 0 saturated heterocycles. The SMILES string of the molecule is CC1=Cc2c(-c3ccc4ccccc4c3)cccc2C1[Si](C)(C)C1C(C)=Cc2c(-c3ccc4ccccc4c3)cccc21. The third-order valence-electron chi connectivity index (χ3n) is 10.2. The van der Waals surface area contributed by atoms with Gasteiger partial charge in [0.1, 0.15) is 0 Å². The van der Waals surface area contributed by atoms with Crippen LogP contribution in [0.15, 0.2) is 132 Å². The molecule has 208 valence electrons. The average molecular weight is 569 g/mol. The van der Waals surface area contributed by atoms with Crippen LogP contribution in [0.5, 0.6) is 0 Å². The summed E-state index contributed by atoms with van der Waals surface area (Å²) < 4.78 is 0. The lowest BCUT2D eigenvalue weighted by molar-refractivity contribution is 0.968. The minimum Gasteiger partial charge on any atom is -0.0679 e. The fourth-order valence-corrected chi connectivity index (χ4v) is 13.4. The van der Waals surface area contributed by atoms with E-state index >= 15 is 0 Å². The van der Waals surface area contributed by atoms with Gasteiger partial charge in [0.25, 0.3) is 0 Å². The van der Waals surface area contributed by atoms with Crippen LogP contribution in [0, 0.1) is 0 Å². The molecule has 0 radical (unpaired) electrons. The van der Waals surface area contributed by atoms with Crippen LogP contribution in [-0.4, -0.2) is 8.07 Å². The molecule has 0 spiro atoms. The van der Waals surface area contributed by atoms with Crippen LogP contribution >= 0.6 is 0 Å². The molecule has 6 aromatic carbocycles. The van der Waals surface area contributed by atoms with Gasteiger partial charge in [-0.15, -0.1) is 0 Å². The van der Waals surface area contributed by atoms with E-state index in [1.54, 1.807) is 0 Å². The Hall–Kier alpha value is -4.46. The average Bonchev–Trinajstić information content (AvgIpc) is 3.56. The summed E-state index contributed by atoms with van der Waals surface area (Å²) in [6.07, 6.45) is 5.00. The lowest BCUT2D eigenvalue weighted by atomic mass is 9.95. The molecular formula is C42H36Si. The first kappa shape index (κ1) is 26.2. The number of hydrogen-bond donors (Lipinski definition) is 0. The fourth-order valence-electron chi connectivity index (χ4n) is 8.46. The van der Waals surface area contributed by atoms with Crippen LogP contribution in [0.2, 0.25) is 13.1 Å². The largest absolute Gasteiger partial charge is 0.0722 e. The van der Waals surface area contributed by atoms with Crippen LogP contribution in [0.3, 0.4) is 0 Å². The third kappa shape index (κ3) is 4.10. The van der Waals surface area contributed by atoms with E-state index in [2.05, 4.69) is 160 Å². The van der Waals surface area contributed by atoms with E-state index in [0.717, 1.165) is 0 Å². The standard InChI is InChI=1S/C42H36Si/c1-27-23-39-35(33-21-19-29-11-5-7-13-31(29)25-33)15-9-17-37(39)41(27)43(3,4)42-28(2)24-40-36(16-10-18-38(40)42)34-22-20-30-12-6-8-14-32(30)26-34/h5-26,41-42H,1-4H3. The van der Waals surface area contributed by atoms with E-state index in [4.69, 9.17) is 0 Å². The number of rotatable bonds is 4. The van der Waals surface area contributed by atoms with Gasteiger partial charge in [0.05, 0.1) is 8.07 Å². The zero-order chi connectivity index (χ0) is 29.3. The summed E-state index contributed by atoms with van der Waals surface area (Å²) in [6.45, 7) is 10.0. The lowest BCUT2D eigenvalue weighted by Crippen LogP contribution is -2.42. The van der Waals surface area contributed by atoms with Crippen molar-refractivity contribution in [1.29, 1.82) is 0 Å². The molecule has 0 bridgehead atoms. The van der Waals surface area contributed by atoms with Crippen LogP contribution < -0.4 is 0 Å². The molecular weight excluding hydrogens is 533 g/mol. The van der Waals surface area contributed by atoms with Gasteiger partial charge in [-0.3, -0.25) is 0 Å². The highest BCUT2D eigenvalue weighted by atomic mass is 28.3. The summed E-state index contributed by atoms with van der Waals surface area (Å²) in [5.74, 6) is 0. The summed E-state index contributed by atoms with van der Waals surface area (Å²) in [7, 11) is -1.94. The van der Waals surface area contributed by atoms with Crippen molar-refractivity contribution in [3.05, 3.63) is 155 Å². The molecule has 0 nitrogen and oxygen atoms in total. The molecule has 0 heterocycles. The van der Waals surface area contributed by atoms with Gasteiger partial charge in [-0.2, -0.15) is 0 Å². The van der Waals surface area contributed by atoms with Crippen molar-refractivity contribution < 1.29 is 0 Å². The van der Waals surface area contributed by atoms with Gasteiger partial charge in [0.2, 0.25) is 0 Å². The maximum atomic E-state index is 2.63. The summed E-state index contributed by atoms with van der Waals surface area (Å²) in [6, 6.07) is 45.2. The van der Waals surface area contributed by atoms with E-state index in [0.29, 0.717) is 11.1 Å². The maximum absolute atomic E-state index is 2.63. The van der Waals surface area contributed by atoms with Gasteiger partial charge in [0, 0.05) is 11.1 Å². The fraction of sp³-hybridized carbons (Fsp3) is 0.143. The summed E-state index contributed by atoms with van der Waals surface area (Å²) in [5.41, 5.74) is 15.2. The van der Waals surface area contributed by atoms with Crippen LogP contribution in [0.4, 0.5) is 0 Å². The van der Waals surface area contributed by atoms with E-state index in [-0.39, 0.29) is 0 Å². The summed E-state index contributed by atoms with van der Waals surface area (Å²) >= 11 is 0. The Bertz CT molecular complexity index is 1990. The third-order valence-corrected chi connectivity index (χ3v) is 14.7. The first-order valence-electron chi connectivity index (χ1n) is 15.5. The quantitative estimate of drug-likeness (QED) is 0.186. The highest BCUT2D eigenvalue weighted by molar-refractivity contribution is 6.81. The molecule has 0 saturated carbocycles. The Morgan fingerprint density at radius 3 is 1.30 bits per heavy atom. The number of benzene rings is 6. The minimum atomic E-state index is -1.94. The van der Waals surface area contributed by atoms with Crippen molar-refractivity contribution >= 4 is 41.8 Å². The van der Waals surface area contributed by atoms with E-state index in [1.807, 2.05) is 0 Å². The van der Waals surface area contributed by atoms with E-state index in [1.165, 1.54) is 77.2 Å². The first-order valence-corrected chi connectivity index (χ1v) is 18.7. The molecule has 6 aromatic rings. The highest BCUT2D eigenvalue weighted by Crippen LogP contribution is 2.54. The molecule has 2 aliphatic rings. The molecule has 8 rings (SSSR count). The Morgan fingerprint density at radius 2 is 0.860 bits per heavy atom. The van der Waals surface area contributed by atoms with Crippen LogP contribution in [0.25, 0.3) is 56.0 Å². The Kier molecular flexibility index (Phi) is 5.96. The van der Waals surface area contributed by atoms with Crippen molar-refractivity contribution in [3.8, 4) is 22.3 Å². The van der Waals surface area contributed by atoms with Gasteiger partial charge >= 0.3 is 0 Å². The molecule has 0 aromatic heterocycles. The monoisotopic (exact) mass is 568 g/mol. The molecule has 1 heteroatoms. The first-order chi connectivity index (χ1) is 20.9. The zero-order valence-corrected chi connectivity index (χ0v) is 26.4. The summed E-state index contributed by atoms with van der Waals surface area (Å²) in [4.78, 5) is 0. The Morgan fingerprint density at radius 1 is 0.442 bits per heavy atom. The molecule has 2 atom stereocenters. The van der Waals surface area contributed by atoms with Crippen molar-refractivity contribution in [3.63, 3.8) is 0 Å². The second-order valence-electron chi connectivity index (χ2n) is 13.2. The Labute approximate surface area is 256 Å². The summed E-state index contributed by atoms with van der Waals surface area (Å²) in [5, 5.41) is 5.19. The van der Waals surface area contributed by atoms with Crippen LogP contribution in [0.1, 0.15) is 47.2 Å². The number of fused-ring (bicyclic) bond motifs is 4. The molecule has 0 fully saturated rings. The van der Waals surface area contributed by atoms with Gasteiger partial charge in [-0.1, -0.05) is 146 Å². The second kappa shape index (κ2) is 9.79. The molecule has 2 unspecified atom stereocenters. The van der Waals surface area contributed by atoms with Gasteiger partial charge in [0.15, 0.2) is 0 Å². The molecule has 0 amide bonds. The van der Waals surface area contributed by atoms with Crippen molar-refractivity contribution in [2.45, 2.75) is 38.0 Å². The van der Waals surface area contributed by atoms with E-state index < -0.39 is 8.07 Å². The maximum Gasteiger partial charge on any atom is 0.0722 e. The minimum absolute atomic E-state index is 0.478. The second-order valence-corrected chi connectivity index (χ2v) is 18.0. The van der Waals surface area contributed by atoms with Gasteiger partial charge < -0.3 is 0 Å². The lowest BCUT2D eigenvalue weighted by Gasteiger charge is -2.39. The zero-order valence-electron chi connectivity index (χ0n) is 25.4. The van der Waals surface area contributed by atoms with Crippen LogP contribution in [-0.2, 0) is 0 Å². The highest BCUT2D eigenvalue weighted by Gasteiger charge is 2.47. The molecule has 0 N–H and O–H groups in total. The van der Waals surface area contributed by atoms with Crippen molar-refractivity contribution in [2.75, 3.05) is 0 Å². The predicted molar refractivity (Wildman–Crippen MR) is 189 cm³/mol. The molecule has 2 aliphatic carbocycles. The van der Waals surface area contributed by atoms with Crippen molar-refractivity contribution in [2.24, 2.45) is 0 Å². The Balaban J connectivity index is 1.21. The van der Waals surface area contributed by atoms with Crippen molar-refractivity contribution in [1.82, 2.24) is 0 Å². The smallest absolute Gasteiger partial charge is 0.0679 e. The molecule has 0 aliphatic heterocycles. The topological polar surface area (TPSA) is 0 Å². The van der Waals surface area contributed by atoms with E-state index in [9.17, 15) is 0 Å². The van der Waals surface area contributed by atoms with Gasteiger partial charge in [-0.05, 0) is 92.0 Å². The normalized spacial score (nSPS) is 17.6.